The number of nitrogens with two attached hydrogens (primary N) is 1. The highest BCUT2D eigenvalue weighted by atomic mass is 32.2. The Kier molecular flexibility index (Phi) is 5.72. The van der Waals surface area contributed by atoms with Crippen LogP contribution in [-0.2, 0) is 14.6 Å². The van der Waals surface area contributed by atoms with E-state index in [9.17, 15) is 13.2 Å². The third kappa shape index (κ3) is 5.41. The largest absolute Gasteiger partial charge is 0.482 e. The maximum Gasteiger partial charge on any atom is 0.341 e. The van der Waals surface area contributed by atoms with Gasteiger partial charge < -0.3 is 15.6 Å². The fraction of sp³-hybridized carbons (Fsp3) is 0.308. The maximum atomic E-state index is 11.6. The highest BCUT2D eigenvalue weighted by molar-refractivity contribution is 7.91. The molecule has 7 heteroatoms. The predicted octanol–water partition coefficient (Wildman–Crippen LogP) is 0.751. The van der Waals surface area contributed by atoms with Crippen LogP contribution in [0.3, 0.4) is 0 Å². The smallest absolute Gasteiger partial charge is 0.341 e. The molecule has 3 N–H and O–H groups in total. The van der Waals surface area contributed by atoms with Crippen molar-refractivity contribution in [3.8, 4) is 5.75 Å². The Labute approximate surface area is 117 Å². The van der Waals surface area contributed by atoms with E-state index in [0.29, 0.717) is 11.3 Å². The van der Waals surface area contributed by atoms with Gasteiger partial charge in [0, 0.05) is 6.04 Å². The molecule has 0 spiro atoms. The first-order valence-corrected chi connectivity index (χ1v) is 7.67. The van der Waals surface area contributed by atoms with Gasteiger partial charge in [0.25, 0.3) is 0 Å². The number of rotatable bonds is 8. The third-order valence-corrected chi connectivity index (χ3v) is 4.09. The summed E-state index contributed by atoms with van der Waals surface area (Å²) in [5.74, 6) is -0.965. The Hall–Kier alpha value is -1.86. The molecule has 0 heterocycles. The molecule has 1 aromatic carbocycles. The summed E-state index contributed by atoms with van der Waals surface area (Å²) in [4.78, 5) is 10.3. The summed E-state index contributed by atoms with van der Waals surface area (Å²) >= 11 is 0. The van der Waals surface area contributed by atoms with E-state index in [1.165, 1.54) is 6.08 Å². The molecule has 20 heavy (non-hydrogen) atoms. The predicted molar refractivity (Wildman–Crippen MR) is 75.4 cm³/mol. The molecule has 0 aromatic heterocycles. The van der Waals surface area contributed by atoms with Crippen molar-refractivity contribution in [3.05, 3.63) is 42.5 Å². The summed E-state index contributed by atoms with van der Waals surface area (Å²) in [6.07, 6.45) is 1.32. The van der Waals surface area contributed by atoms with Gasteiger partial charge in [-0.2, -0.15) is 0 Å². The van der Waals surface area contributed by atoms with Crippen LogP contribution in [-0.4, -0.2) is 37.6 Å². The van der Waals surface area contributed by atoms with Crippen molar-refractivity contribution in [3.63, 3.8) is 0 Å². The van der Waals surface area contributed by atoms with E-state index in [1.54, 1.807) is 24.3 Å². The molecule has 0 aliphatic rings. The molecule has 0 aliphatic carbocycles. The van der Waals surface area contributed by atoms with Gasteiger partial charge in [-0.15, -0.1) is 6.58 Å². The first kappa shape index (κ1) is 16.2. The molecule has 0 fully saturated rings. The van der Waals surface area contributed by atoms with Crippen LogP contribution < -0.4 is 10.5 Å². The molecule has 6 nitrogen and oxygen atoms in total. The zero-order valence-corrected chi connectivity index (χ0v) is 11.7. The Morgan fingerprint density at radius 1 is 1.40 bits per heavy atom. The van der Waals surface area contributed by atoms with Crippen molar-refractivity contribution in [1.82, 2.24) is 0 Å². The fourth-order valence-electron chi connectivity index (χ4n) is 1.57. The molecule has 1 rings (SSSR count). The van der Waals surface area contributed by atoms with Crippen molar-refractivity contribution in [1.29, 1.82) is 0 Å². The Morgan fingerprint density at radius 2 is 2.00 bits per heavy atom. The lowest BCUT2D eigenvalue weighted by Gasteiger charge is -2.12. The van der Waals surface area contributed by atoms with Crippen LogP contribution in [0.5, 0.6) is 5.75 Å². The monoisotopic (exact) mass is 299 g/mol. The lowest BCUT2D eigenvalue weighted by molar-refractivity contribution is -0.139. The first-order valence-electron chi connectivity index (χ1n) is 5.85. The van der Waals surface area contributed by atoms with E-state index in [-0.39, 0.29) is 11.5 Å². The van der Waals surface area contributed by atoms with Crippen molar-refractivity contribution in [2.45, 2.75) is 6.04 Å². The summed E-state index contributed by atoms with van der Waals surface area (Å²) in [6, 6.07) is 5.70. The van der Waals surface area contributed by atoms with E-state index in [2.05, 4.69) is 6.58 Å². The highest BCUT2D eigenvalue weighted by Gasteiger charge is 2.16. The van der Waals surface area contributed by atoms with Crippen LogP contribution in [0.2, 0.25) is 0 Å². The van der Waals surface area contributed by atoms with E-state index < -0.39 is 28.5 Å². The van der Waals surface area contributed by atoms with Gasteiger partial charge in [-0.3, -0.25) is 0 Å². The van der Waals surface area contributed by atoms with Gasteiger partial charge in [-0.05, 0) is 17.7 Å². The molecule has 0 bridgehead atoms. The SMILES string of the molecule is C=CCS(=O)(=O)CC(N)c1ccc(OCC(=O)O)cc1. The fourth-order valence-corrected chi connectivity index (χ4v) is 2.81. The molecule has 0 radical (unpaired) electrons. The van der Waals surface area contributed by atoms with E-state index >= 15 is 0 Å². The zero-order valence-electron chi connectivity index (χ0n) is 10.9. The summed E-state index contributed by atoms with van der Waals surface area (Å²) in [5.41, 5.74) is 6.47. The topological polar surface area (TPSA) is 107 Å². The number of carboxylic acids is 1. The molecule has 0 amide bonds. The number of carbonyl (C=O) groups is 1. The van der Waals surface area contributed by atoms with E-state index in [0.717, 1.165) is 0 Å². The second-order valence-corrected chi connectivity index (χ2v) is 6.38. The molecule has 1 aromatic rings. The third-order valence-electron chi connectivity index (χ3n) is 2.48. The molecule has 1 atom stereocenters. The second-order valence-electron chi connectivity index (χ2n) is 4.22. The van der Waals surface area contributed by atoms with E-state index in [4.69, 9.17) is 15.6 Å². The summed E-state index contributed by atoms with van der Waals surface area (Å²) in [5, 5.41) is 8.48. The van der Waals surface area contributed by atoms with Crippen molar-refractivity contribution in [2.24, 2.45) is 5.73 Å². The number of hydrogen-bond donors (Lipinski definition) is 2. The van der Waals surface area contributed by atoms with Gasteiger partial charge in [-0.1, -0.05) is 18.2 Å². The Morgan fingerprint density at radius 3 is 2.50 bits per heavy atom. The number of benzene rings is 1. The lowest BCUT2D eigenvalue weighted by Crippen LogP contribution is -2.23. The number of aliphatic carboxylic acids is 1. The van der Waals surface area contributed by atoms with Crippen LogP contribution in [0, 0.1) is 0 Å². The highest BCUT2D eigenvalue weighted by Crippen LogP contribution is 2.18. The van der Waals surface area contributed by atoms with Crippen LogP contribution >= 0.6 is 0 Å². The Bertz CT molecular complexity index is 565. The van der Waals surface area contributed by atoms with Gasteiger partial charge >= 0.3 is 5.97 Å². The minimum Gasteiger partial charge on any atom is -0.482 e. The molecule has 110 valence electrons. The average molecular weight is 299 g/mol. The Balaban J connectivity index is 2.68. The van der Waals surface area contributed by atoms with Gasteiger partial charge in [-0.25, -0.2) is 13.2 Å². The van der Waals surface area contributed by atoms with Crippen molar-refractivity contribution >= 4 is 15.8 Å². The standard InChI is InChI=1S/C13H17NO5S/c1-2-7-20(17,18)9-12(14)10-3-5-11(6-4-10)19-8-13(15)16/h2-6,12H,1,7-9,14H2,(H,15,16). The van der Waals surface area contributed by atoms with Gasteiger partial charge in [0.05, 0.1) is 11.5 Å². The summed E-state index contributed by atoms with van der Waals surface area (Å²) in [7, 11) is -3.26. The molecule has 1 unspecified atom stereocenters. The van der Waals surface area contributed by atoms with Crippen molar-refractivity contribution in [2.75, 3.05) is 18.1 Å². The number of sulfone groups is 1. The minimum absolute atomic E-state index is 0.111. The molecular formula is C13H17NO5S. The minimum atomic E-state index is -3.26. The van der Waals surface area contributed by atoms with E-state index in [1.807, 2.05) is 0 Å². The van der Waals surface area contributed by atoms with Gasteiger partial charge in [0.1, 0.15) is 5.75 Å². The van der Waals surface area contributed by atoms with Crippen LogP contribution in [0.15, 0.2) is 36.9 Å². The van der Waals surface area contributed by atoms with Gasteiger partial charge in [0.15, 0.2) is 16.4 Å². The number of carboxylic acid groups (broad SMARTS) is 1. The second kappa shape index (κ2) is 7.06. The molecule has 0 saturated heterocycles. The quantitative estimate of drug-likeness (QED) is 0.686. The average Bonchev–Trinajstić information content (AvgIpc) is 2.36. The van der Waals surface area contributed by atoms with Crippen LogP contribution in [0.1, 0.15) is 11.6 Å². The summed E-state index contributed by atoms with van der Waals surface area (Å²) in [6.45, 7) is 2.96. The lowest BCUT2D eigenvalue weighted by atomic mass is 10.1. The maximum absolute atomic E-state index is 11.6. The van der Waals surface area contributed by atoms with Crippen LogP contribution in [0.25, 0.3) is 0 Å². The van der Waals surface area contributed by atoms with Crippen molar-refractivity contribution < 1.29 is 23.1 Å². The first-order chi connectivity index (χ1) is 9.34. The molecule has 0 aliphatic heterocycles. The molecular weight excluding hydrogens is 282 g/mol. The zero-order chi connectivity index (χ0) is 15.2. The van der Waals surface area contributed by atoms with Gasteiger partial charge in [0.2, 0.25) is 0 Å². The summed E-state index contributed by atoms with van der Waals surface area (Å²) < 4.78 is 28.2. The number of ether oxygens (including phenoxy) is 1. The molecule has 0 saturated carbocycles. The number of hydrogen-bond acceptors (Lipinski definition) is 5. The normalized spacial score (nSPS) is 12.7. The van der Waals surface area contributed by atoms with Crippen LogP contribution in [0.4, 0.5) is 0 Å².